The van der Waals surface area contributed by atoms with Crippen LogP contribution >= 0.6 is 0 Å². The van der Waals surface area contributed by atoms with Crippen LogP contribution in [0.15, 0.2) is 18.5 Å². The maximum Gasteiger partial charge on any atom is 0.223 e. The molecule has 2 heterocycles. The number of nitrogens with two attached hydrogens (primary N) is 1. The molecule has 2 rings (SSSR count). The first-order valence-electron chi connectivity index (χ1n) is 6.50. The maximum absolute atomic E-state index is 11.7. The van der Waals surface area contributed by atoms with Gasteiger partial charge >= 0.3 is 0 Å². The van der Waals surface area contributed by atoms with E-state index in [0.717, 1.165) is 32.7 Å². The summed E-state index contributed by atoms with van der Waals surface area (Å²) in [6, 6.07) is 2.14. The Bertz CT molecular complexity index is 393. The van der Waals surface area contributed by atoms with Gasteiger partial charge < -0.3 is 15.2 Å². The largest absolute Gasteiger partial charge is 0.357 e. The number of aryl methyl sites for hydroxylation is 1. The molecule has 0 radical (unpaired) electrons. The standard InChI is InChI=1S/C13H22N4O/c1-15-5-3-12(10-15)11-16-6-8-17(9-7-16)13(18)2-4-14/h3,5,10H,2,4,6-9,11,14H2,1H3. The highest BCUT2D eigenvalue weighted by Gasteiger charge is 2.20. The first-order chi connectivity index (χ1) is 8.69. The van der Waals surface area contributed by atoms with E-state index >= 15 is 0 Å². The third-order valence-corrected chi connectivity index (χ3v) is 3.38. The van der Waals surface area contributed by atoms with Gasteiger partial charge in [0.2, 0.25) is 5.91 Å². The van der Waals surface area contributed by atoms with Crippen molar-refractivity contribution in [2.24, 2.45) is 12.8 Å². The summed E-state index contributed by atoms with van der Waals surface area (Å²) in [4.78, 5) is 16.0. The molecule has 0 unspecified atom stereocenters. The van der Waals surface area contributed by atoms with Gasteiger partial charge in [-0.15, -0.1) is 0 Å². The van der Waals surface area contributed by atoms with Crippen molar-refractivity contribution in [3.63, 3.8) is 0 Å². The first kappa shape index (κ1) is 13.1. The van der Waals surface area contributed by atoms with E-state index in [0.29, 0.717) is 13.0 Å². The third-order valence-electron chi connectivity index (χ3n) is 3.38. The minimum absolute atomic E-state index is 0.192. The lowest BCUT2D eigenvalue weighted by Gasteiger charge is -2.34. The topological polar surface area (TPSA) is 54.5 Å². The molecule has 1 saturated heterocycles. The van der Waals surface area contributed by atoms with Gasteiger partial charge in [-0.2, -0.15) is 0 Å². The van der Waals surface area contributed by atoms with Crippen molar-refractivity contribution in [2.75, 3.05) is 32.7 Å². The number of aromatic nitrogens is 1. The maximum atomic E-state index is 11.7. The summed E-state index contributed by atoms with van der Waals surface area (Å²) in [5, 5.41) is 0. The minimum Gasteiger partial charge on any atom is -0.357 e. The number of hydrogen-bond donors (Lipinski definition) is 1. The van der Waals surface area contributed by atoms with E-state index in [9.17, 15) is 4.79 Å². The van der Waals surface area contributed by atoms with Crippen LogP contribution in [0.5, 0.6) is 0 Å². The zero-order chi connectivity index (χ0) is 13.0. The Morgan fingerprint density at radius 2 is 2.06 bits per heavy atom. The van der Waals surface area contributed by atoms with E-state index in [1.165, 1.54) is 5.56 Å². The molecular formula is C13H22N4O. The van der Waals surface area contributed by atoms with Gasteiger partial charge in [0.15, 0.2) is 0 Å². The molecule has 100 valence electrons. The molecule has 1 aliphatic rings. The van der Waals surface area contributed by atoms with E-state index in [1.54, 1.807) is 0 Å². The fraction of sp³-hybridized carbons (Fsp3) is 0.615. The summed E-state index contributed by atoms with van der Waals surface area (Å²) in [5.74, 6) is 0.192. The second kappa shape index (κ2) is 6.02. The van der Waals surface area contributed by atoms with Gasteiger partial charge in [-0.25, -0.2) is 0 Å². The second-order valence-corrected chi connectivity index (χ2v) is 4.88. The van der Waals surface area contributed by atoms with Crippen molar-refractivity contribution in [3.05, 3.63) is 24.0 Å². The number of carbonyl (C=O) groups is 1. The molecule has 1 aromatic heterocycles. The number of carbonyl (C=O) groups excluding carboxylic acids is 1. The molecule has 0 aromatic carbocycles. The summed E-state index contributed by atoms with van der Waals surface area (Å²) in [7, 11) is 2.03. The Morgan fingerprint density at radius 1 is 1.33 bits per heavy atom. The Balaban J connectivity index is 1.78. The molecule has 0 aliphatic carbocycles. The lowest BCUT2D eigenvalue weighted by atomic mass is 10.2. The summed E-state index contributed by atoms with van der Waals surface area (Å²) >= 11 is 0. The Labute approximate surface area is 108 Å². The molecule has 1 aromatic rings. The van der Waals surface area contributed by atoms with Crippen molar-refractivity contribution in [1.82, 2.24) is 14.4 Å². The molecule has 0 saturated carbocycles. The SMILES string of the molecule is Cn1ccc(CN2CCN(C(=O)CCN)CC2)c1. The highest BCUT2D eigenvalue weighted by molar-refractivity contribution is 5.76. The summed E-state index contributed by atoms with van der Waals surface area (Å²) in [5.41, 5.74) is 6.74. The van der Waals surface area contributed by atoms with Gasteiger partial charge in [0.1, 0.15) is 0 Å². The van der Waals surface area contributed by atoms with E-state index in [4.69, 9.17) is 5.73 Å². The van der Waals surface area contributed by atoms with E-state index < -0.39 is 0 Å². The number of piperazine rings is 1. The predicted octanol–water partition coefficient (Wildman–Crippen LogP) is 0.0181. The van der Waals surface area contributed by atoms with Crippen molar-refractivity contribution < 1.29 is 4.79 Å². The molecule has 5 nitrogen and oxygen atoms in total. The van der Waals surface area contributed by atoms with Crippen LogP contribution in [0.4, 0.5) is 0 Å². The molecule has 0 atom stereocenters. The lowest BCUT2D eigenvalue weighted by Crippen LogP contribution is -2.48. The van der Waals surface area contributed by atoms with Gasteiger partial charge in [-0.1, -0.05) is 0 Å². The van der Waals surface area contributed by atoms with Gasteiger partial charge in [0.25, 0.3) is 0 Å². The van der Waals surface area contributed by atoms with Gasteiger partial charge in [-0.05, 0) is 11.6 Å². The van der Waals surface area contributed by atoms with E-state index in [1.807, 2.05) is 11.9 Å². The molecular weight excluding hydrogens is 228 g/mol. The summed E-state index contributed by atoms with van der Waals surface area (Å²) < 4.78 is 2.07. The smallest absolute Gasteiger partial charge is 0.223 e. The molecule has 0 spiro atoms. The normalized spacial score (nSPS) is 17.1. The Morgan fingerprint density at radius 3 is 2.61 bits per heavy atom. The van der Waals surface area contributed by atoms with Crippen molar-refractivity contribution in [3.8, 4) is 0 Å². The number of amides is 1. The zero-order valence-electron chi connectivity index (χ0n) is 11.0. The molecule has 5 heteroatoms. The summed E-state index contributed by atoms with van der Waals surface area (Å²) in [6.45, 7) is 4.97. The van der Waals surface area contributed by atoms with Gasteiger partial charge in [0.05, 0.1) is 0 Å². The monoisotopic (exact) mass is 250 g/mol. The van der Waals surface area contributed by atoms with Crippen LogP contribution in [-0.4, -0.2) is 53.0 Å². The average molecular weight is 250 g/mol. The third kappa shape index (κ3) is 3.34. The van der Waals surface area contributed by atoms with E-state index in [-0.39, 0.29) is 5.91 Å². The number of hydrogen-bond acceptors (Lipinski definition) is 3. The fourth-order valence-electron chi connectivity index (χ4n) is 2.35. The van der Waals surface area contributed by atoms with Crippen molar-refractivity contribution >= 4 is 5.91 Å². The minimum atomic E-state index is 0.192. The second-order valence-electron chi connectivity index (χ2n) is 4.88. The van der Waals surface area contributed by atoms with Crippen LogP contribution in [0.25, 0.3) is 0 Å². The Kier molecular flexibility index (Phi) is 4.38. The van der Waals surface area contributed by atoms with Crippen LogP contribution < -0.4 is 5.73 Å². The van der Waals surface area contributed by atoms with E-state index in [2.05, 4.69) is 27.9 Å². The molecule has 1 amide bonds. The Hall–Kier alpha value is -1.33. The molecule has 1 aliphatic heterocycles. The first-order valence-corrected chi connectivity index (χ1v) is 6.50. The summed E-state index contributed by atoms with van der Waals surface area (Å²) in [6.07, 6.45) is 4.68. The molecule has 18 heavy (non-hydrogen) atoms. The van der Waals surface area contributed by atoms with Gasteiger partial charge in [-0.3, -0.25) is 9.69 Å². The van der Waals surface area contributed by atoms with Crippen LogP contribution in [0.3, 0.4) is 0 Å². The van der Waals surface area contributed by atoms with Crippen LogP contribution in [-0.2, 0) is 18.4 Å². The van der Waals surface area contributed by atoms with Crippen molar-refractivity contribution in [1.29, 1.82) is 0 Å². The number of nitrogens with zero attached hydrogens (tertiary/aromatic N) is 3. The van der Waals surface area contributed by atoms with Gasteiger partial charge in [0, 0.05) is 65.1 Å². The lowest BCUT2D eigenvalue weighted by molar-refractivity contribution is -0.132. The molecule has 1 fully saturated rings. The highest BCUT2D eigenvalue weighted by atomic mass is 16.2. The average Bonchev–Trinajstić information content (AvgIpc) is 2.76. The quantitative estimate of drug-likeness (QED) is 0.819. The fourth-order valence-corrected chi connectivity index (χ4v) is 2.35. The highest BCUT2D eigenvalue weighted by Crippen LogP contribution is 2.09. The number of rotatable bonds is 4. The van der Waals surface area contributed by atoms with Crippen LogP contribution in [0.2, 0.25) is 0 Å². The van der Waals surface area contributed by atoms with Crippen molar-refractivity contribution in [2.45, 2.75) is 13.0 Å². The molecule has 2 N–H and O–H groups in total. The zero-order valence-corrected chi connectivity index (χ0v) is 11.0. The predicted molar refractivity (Wildman–Crippen MR) is 70.9 cm³/mol. The van der Waals surface area contributed by atoms with Crippen LogP contribution in [0.1, 0.15) is 12.0 Å². The molecule has 0 bridgehead atoms. The van der Waals surface area contributed by atoms with Crippen LogP contribution in [0, 0.1) is 0 Å².